The van der Waals surface area contributed by atoms with Crippen LogP contribution >= 0.6 is 11.6 Å². The van der Waals surface area contributed by atoms with Gasteiger partial charge in [-0.2, -0.15) is 0 Å². The van der Waals surface area contributed by atoms with Gasteiger partial charge < -0.3 is 0 Å². The van der Waals surface area contributed by atoms with Crippen LogP contribution in [0.15, 0.2) is 0 Å². The lowest BCUT2D eigenvalue weighted by molar-refractivity contribution is -0.117. The number of carbonyl (C=O) groups excluding carboxylic acids is 1. The number of Topliss-reactive ketones (excluding diaryl/α,β-unsaturated/α-hetero) is 1. The summed E-state index contributed by atoms with van der Waals surface area (Å²) in [7, 11) is -3.50. The second-order valence-electron chi connectivity index (χ2n) is 2.41. The fourth-order valence-corrected chi connectivity index (χ4v) is 1.82. The molecule has 0 aliphatic carbocycles. The van der Waals surface area contributed by atoms with E-state index in [1.807, 2.05) is 0 Å². The first-order valence-electron chi connectivity index (χ1n) is 3.15. The summed E-state index contributed by atoms with van der Waals surface area (Å²) in [5.41, 5.74) is 0. The maximum atomic E-state index is 11.0. The zero-order valence-electron chi connectivity index (χ0n) is 6.72. The fraction of sp³-hybridized carbons (Fsp3) is 0.833. The molecule has 0 saturated heterocycles. The first kappa shape index (κ1) is 10.9. The van der Waals surface area contributed by atoms with Crippen molar-refractivity contribution in [1.29, 1.82) is 0 Å². The summed E-state index contributed by atoms with van der Waals surface area (Å²) < 4.78 is 20.2. The maximum absolute atomic E-state index is 11.0. The molecule has 0 aromatic carbocycles. The van der Waals surface area contributed by atoms with Crippen molar-refractivity contribution in [3.05, 3.63) is 0 Å². The smallest absolute Gasteiger partial charge is 0.202 e. The summed E-state index contributed by atoms with van der Waals surface area (Å²) in [6.07, 6.45) is 1.06. The van der Waals surface area contributed by atoms with Crippen LogP contribution in [0.1, 0.15) is 20.3 Å². The third kappa shape index (κ3) is 1.93. The Morgan fingerprint density at radius 3 is 1.91 bits per heavy atom. The average Bonchev–Trinajstić information content (AvgIpc) is 1.83. The van der Waals surface area contributed by atoms with Crippen molar-refractivity contribution in [3.8, 4) is 0 Å². The standard InChI is InChI=1S/C6H11ClO3S/c1-4-6(7,5(2)8)11(3,9)10/h4H2,1-3H3/t6-/m0/s1. The van der Waals surface area contributed by atoms with Crippen molar-refractivity contribution in [2.24, 2.45) is 0 Å². The fourth-order valence-electron chi connectivity index (χ4n) is 0.772. The van der Waals surface area contributed by atoms with Crippen molar-refractivity contribution in [3.63, 3.8) is 0 Å². The molecule has 0 bridgehead atoms. The van der Waals surface area contributed by atoms with E-state index in [-0.39, 0.29) is 6.42 Å². The predicted molar refractivity (Wildman–Crippen MR) is 44.4 cm³/mol. The zero-order chi connectivity index (χ0) is 9.28. The minimum atomic E-state index is -3.50. The molecule has 0 fully saturated rings. The molecule has 0 unspecified atom stereocenters. The van der Waals surface area contributed by atoms with Crippen molar-refractivity contribution < 1.29 is 13.2 Å². The van der Waals surface area contributed by atoms with Gasteiger partial charge >= 0.3 is 0 Å². The van der Waals surface area contributed by atoms with Gasteiger partial charge in [-0.1, -0.05) is 18.5 Å². The zero-order valence-corrected chi connectivity index (χ0v) is 8.29. The van der Waals surface area contributed by atoms with Crippen LogP contribution in [0.3, 0.4) is 0 Å². The second-order valence-corrected chi connectivity index (χ2v) is 5.52. The van der Waals surface area contributed by atoms with Gasteiger partial charge in [0.05, 0.1) is 0 Å². The molecule has 66 valence electrons. The monoisotopic (exact) mass is 198 g/mol. The Hall–Kier alpha value is -0.0900. The molecule has 1 atom stereocenters. The number of rotatable bonds is 3. The summed E-state index contributed by atoms with van der Waals surface area (Å²) in [6.45, 7) is 2.74. The third-order valence-electron chi connectivity index (χ3n) is 1.57. The Morgan fingerprint density at radius 1 is 1.55 bits per heavy atom. The van der Waals surface area contributed by atoms with Crippen LogP contribution in [0.25, 0.3) is 0 Å². The van der Waals surface area contributed by atoms with Crippen LogP contribution in [0.2, 0.25) is 0 Å². The van der Waals surface area contributed by atoms with Gasteiger partial charge in [0.25, 0.3) is 0 Å². The van der Waals surface area contributed by atoms with E-state index in [1.54, 1.807) is 6.92 Å². The molecule has 0 rings (SSSR count). The molecule has 0 aromatic rings. The van der Waals surface area contributed by atoms with E-state index >= 15 is 0 Å². The van der Waals surface area contributed by atoms with E-state index in [0.717, 1.165) is 6.26 Å². The molecule has 11 heavy (non-hydrogen) atoms. The number of halogens is 1. The van der Waals surface area contributed by atoms with Crippen molar-refractivity contribution >= 4 is 27.2 Å². The van der Waals surface area contributed by atoms with Gasteiger partial charge in [0.2, 0.25) is 4.21 Å². The number of sulfone groups is 1. The van der Waals surface area contributed by atoms with Crippen molar-refractivity contribution in [2.75, 3.05) is 6.26 Å². The molecule has 0 N–H and O–H groups in total. The van der Waals surface area contributed by atoms with Crippen LogP contribution in [-0.2, 0) is 14.6 Å². The summed E-state index contributed by atoms with van der Waals surface area (Å²) in [5.74, 6) is -0.524. The van der Waals surface area contributed by atoms with E-state index in [2.05, 4.69) is 0 Å². The predicted octanol–water partition coefficient (Wildman–Crippen LogP) is 0.965. The maximum Gasteiger partial charge on any atom is 0.202 e. The van der Waals surface area contributed by atoms with Gasteiger partial charge in [0.1, 0.15) is 0 Å². The number of carbonyl (C=O) groups is 1. The number of alkyl halides is 1. The summed E-state index contributed by atoms with van der Waals surface area (Å²) in [5, 5.41) is 0. The highest BCUT2D eigenvalue weighted by Crippen LogP contribution is 2.26. The topological polar surface area (TPSA) is 51.2 Å². The largest absolute Gasteiger partial charge is 0.297 e. The first-order valence-corrected chi connectivity index (χ1v) is 5.42. The molecule has 0 aromatic heterocycles. The molecule has 0 amide bonds. The Bertz CT molecular complexity index is 257. The number of ketones is 1. The van der Waals surface area contributed by atoms with Gasteiger partial charge in [-0.15, -0.1) is 0 Å². The molecule has 0 saturated carbocycles. The SMILES string of the molecule is CC[C@@](Cl)(C(C)=O)S(C)(=O)=O. The number of hydrogen-bond acceptors (Lipinski definition) is 3. The molecular formula is C6H11ClO3S. The lowest BCUT2D eigenvalue weighted by Gasteiger charge is -2.19. The summed E-state index contributed by atoms with van der Waals surface area (Å²) in [6, 6.07) is 0. The van der Waals surface area contributed by atoms with E-state index in [9.17, 15) is 13.2 Å². The third-order valence-corrected chi connectivity index (χ3v) is 4.69. The van der Waals surface area contributed by atoms with Crippen molar-refractivity contribution in [2.45, 2.75) is 24.5 Å². The lowest BCUT2D eigenvalue weighted by Crippen LogP contribution is -2.38. The normalized spacial score (nSPS) is 17.5. The van der Waals surface area contributed by atoms with Crippen LogP contribution in [0.5, 0.6) is 0 Å². The molecule has 0 radical (unpaired) electrons. The van der Waals surface area contributed by atoms with E-state index < -0.39 is 19.8 Å². The molecule has 5 heteroatoms. The van der Waals surface area contributed by atoms with Gasteiger partial charge in [-0.3, -0.25) is 4.79 Å². The van der Waals surface area contributed by atoms with Crippen molar-refractivity contribution in [1.82, 2.24) is 0 Å². The van der Waals surface area contributed by atoms with Crippen LogP contribution in [0.4, 0.5) is 0 Å². The van der Waals surface area contributed by atoms with Gasteiger partial charge in [-0.05, 0) is 13.3 Å². The van der Waals surface area contributed by atoms with E-state index in [1.165, 1.54) is 6.92 Å². The summed E-state index contributed by atoms with van der Waals surface area (Å²) in [4.78, 5) is 10.8. The number of hydrogen-bond donors (Lipinski definition) is 0. The molecular weight excluding hydrogens is 188 g/mol. The Kier molecular flexibility index (Phi) is 3.08. The average molecular weight is 199 g/mol. The van der Waals surface area contributed by atoms with E-state index in [0.29, 0.717) is 0 Å². The Labute approximate surface area is 71.7 Å². The minimum Gasteiger partial charge on any atom is -0.297 e. The molecule has 3 nitrogen and oxygen atoms in total. The quantitative estimate of drug-likeness (QED) is 0.635. The first-order chi connectivity index (χ1) is 4.75. The van der Waals surface area contributed by atoms with Crippen LogP contribution in [-0.4, -0.2) is 24.7 Å². The molecule has 0 aliphatic rings. The highest BCUT2D eigenvalue weighted by atomic mass is 35.5. The minimum absolute atomic E-state index is 0.0999. The van der Waals surface area contributed by atoms with Gasteiger partial charge in [0, 0.05) is 6.26 Å². The highest BCUT2D eigenvalue weighted by molar-refractivity contribution is 7.94. The van der Waals surface area contributed by atoms with Crippen LogP contribution < -0.4 is 0 Å². The second kappa shape index (κ2) is 3.11. The molecule has 0 aliphatic heterocycles. The van der Waals surface area contributed by atoms with Gasteiger partial charge in [0.15, 0.2) is 15.6 Å². The Balaban J connectivity index is 5.09. The van der Waals surface area contributed by atoms with E-state index in [4.69, 9.17) is 11.6 Å². The summed E-state index contributed by atoms with van der Waals surface area (Å²) >= 11 is 5.60. The Morgan fingerprint density at radius 2 is 1.91 bits per heavy atom. The lowest BCUT2D eigenvalue weighted by atomic mass is 10.2. The highest BCUT2D eigenvalue weighted by Gasteiger charge is 2.41. The molecule has 0 spiro atoms. The van der Waals surface area contributed by atoms with Gasteiger partial charge in [-0.25, -0.2) is 8.42 Å². The molecule has 0 heterocycles. The van der Waals surface area contributed by atoms with Crippen LogP contribution in [0, 0.1) is 0 Å².